The second-order valence-electron chi connectivity index (χ2n) is 4.37. The molecule has 94 valence electrons. The highest BCUT2D eigenvalue weighted by Gasteiger charge is 2.12. The van der Waals surface area contributed by atoms with Gasteiger partial charge in [-0.15, -0.1) is 0 Å². The van der Waals surface area contributed by atoms with E-state index in [0.29, 0.717) is 23.6 Å². The normalized spacial score (nSPS) is 12.4. The number of aromatic nitrogens is 2. The summed E-state index contributed by atoms with van der Waals surface area (Å²) in [7, 11) is 0. The summed E-state index contributed by atoms with van der Waals surface area (Å²) in [6, 6.07) is 8.39. The molecule has 0 aliphatic heterocycles. The third-order valence-electron chi connectivity index (χ3n) is 2.82. The average Bonchev–Trinajstić information content (AvgIpc) is 2.37. The molecular formula is C14H16FN3. The summed E-state index contributed by atoms with van der Waals surface area (Å²) in [5.74, 6) is 0.452. The van der Waals surface area contributed by atoms with Crippen LogP contribution >= 0.6 is 0 Å². The SMILES string of the molecule is Cc1cc(-c2ccccc2F)nc(C(C)CN)n1. The zero-order valence-electron chi connectivity index (χ0n) is 10.5. The molecule has 2 N–H and O–H groups in total. The van der Waals surface area contributed by atoms with Crippen molar-refractivity contribution in [1.82, 2.24) is 9.97 Å². The Hall–Kier alpha value is -1.81. The van der Waals surface area contributed by atoms with Gasteiger partial charge in [-0.25, -0.2) is 14.4 Å². The molecule has 1 aromatic heterocycles. The van der Waals surface area contributed by atoms with Crippen LogP contribution in [0.1, 0.15) is 24.4 Å². The zero-order valence-corrected chi connectivity index (χ0v) is 10.5. The van der Waals surface area contributed by atoms with Gasteiger partial charge in [-0.1, -0.05) is 19.1 Å². The molecule has 1 unspecified atom stereocenters. The van der Waals surface area contributed by atoms with E-state index in [1.54, 1.807) is 24.3 Å². The maximum atomic E-state index is 13.7. The summed E-state index contributed by atoms with van der Waals surface area (Å²) < 4.78 is 13.7. The molecule has 1 aromatic carbocycles. The minimum atomic E-state index is -0.276. The highest BCUT2D eigenvalue weighted by atomic mass is 19.1. The van der Waals surface area contributed by atoms with E-state index < -0.39 is 0 Å². The molecule has 0 fully saturated rings. The van der Waals surface area contributed by atoms with Crippen LogP contribution < -0.4 is 5.73 Å². The lowest BCUT2D eigenvalue weighted by atomic mass is 10.1. The van der Waals surface area contributed by atoms with Crippen LogP contribution in [0.4, 0.5) is 4.39 Å². The number of benzene rings is 1. The lowest BCUT2D eigenvalue weighted by Gasteiger charge is -2.10. The van der Waals surface area contributed by atoms with Gasteiger partial charge in [0.15, 0.2) is 0 Å². The minimum Gasteiger partial charge on any atom is -0.330 e. The Bertz CT molecular complexity index is 554. The summed E-state index contributed by atoms with van der Waals surface area (Å²) in [4.78, 5) is 8.75. The van der Waals surface area contributed by atoms with Crippen molar-refractivity contribution in [3.63, 3.8) is 0 Å². The van der Waals surface area contributed by atoms with E-state index >= 15 is 0 Å². The molecular weight excluding hydrogens is 229 g/mol. The average molecular weight is 245 g/mol. The predicted octanol–water partition coefficient (Wildman–Crippen LogP) is 2.65. The van der Waals surface area contributed by atoms with Crippen LogP contribution in [0.3, 0.4) is 0 Å². The van der Waals surface area contributed by atoms with Gasteiger partial charge >= 0.3 is 0 Å². The number of rotatable bonds is 3. The molecule has 18 heavy (non-hydrogen) atoms. The van der Waals surface area contributed by atoms with E-state index in [4.69, 9.17) is 5.73 Å². The molecule has 0 saturated carbocycles. The molecule has 0 amide bonds. The Labute approximate surface area is 106 Å². The smallest absolute Gasteiger partial charge is 0.133 e. The third-order valence-corrected chi connectivity index (χ3v) is 2.82. The lowest BCUT2D eigenvalue weighted by molar-refractivity contribution is 0.630. The van der Waals surface area contributed by atoms with E-state index in [0.717, 1.165) is 5.69 Å². The van der Waals surface area contributed by atoms with Crippen LogP contribution in [-0.2, 0) is 0 Å². The van der Waals surface area contributed by atoms with Gasteiger partial charge < -0.3 is 5.73 Å². The van der Waals surface area contributed by atoms with Gasteiger partial charge in [0, 0.05) is 23.7 Å². The van der Waals surface area contributed by atoms with Gasteiger partial charge in [-0.05, 0) is 25.1 Å². The topological polar surface area (TPSA) is 51.8 Å². The maximum absolute atomic E-state index is 13.7. The van der Waals surface area contributed by atoms with E-state index in [1.807, 2.05) is 13.8 Å². The van der Waals surface area contributed by atoms with Crippen molar-refractivity contribution in [2.45, 2.75) is 19.8 Å². The Balaban J connectivity index is 2.52. The first-order valence-electron chi connectivity index (χ1n) is 5.92. The summed E-state index contributed by atoms with van der Waals surface area (Å²) in [6.45, 7) is 4.30. The Kier molecular flexibility index (Phi) is 3.67. The van der Waals surface area contributed by atoms with E-state index in [2.05, 4.69) is 9.97 Å². The fourth-order valence-electron chi connectivity index (χ4n) is 1.72. The molecule has 3 nitrogen and oxygen atoms in total. The largest absolute Gasteiger partial charge is 0.330 e. The highest BCUT2D eigenvalue weighted by molar-refractivity contribution is 5.60. The summed E-state index contributed by atoms with van der Waals surface area (Å²) in [5.41, 5.74) is 7.54. The molecule has 2 aromatic rings. The van der Waals surface area contributed by atoms with Crippen molar-refractivity contribution in [2.24, 2.45) is 5.73 Å². The van der Waals surface area contributed by atoms with Crippen molar-refractivity contribution in [3.05, 3.63) is 47.7 Å². The molecule has 0 aliphatic carbocycles. The number of nitrogens with zero attached hydrogens (tertiary/aromatic N) is 2. The van der Waals surface area contributed by atoms with Crippen molar-refractivity contribution >= 4 is 0 Å². The fraction of sp³-hybridized carbons (Fsp3) is 0.286. The van der Waals surface area contributed by atoms with Crippen molar-refractivity contribution in [1.29, 1.82) is 0 Å². The number of aryl methyl sites for hydroxylation is 1. The van der Waals surface area contributed by atoms with Crippen LogP contribution in [0.25, 0.3) is 11.3 Å². The number of hydrogen-bond acceptors (Lipinski definition) is 3. The van der Waals surface area contributed by atoms with Gasteiger partial charge in [0.05, 0.1) is 5.69 Å². The quantitative estimate of drug-likeness (QED) is 0.904. The lowest BCUT2D eigenvalue weighted by Crippen LogP contribution is -2.13. The van der Waals surface area contributed by atoms with E-state index in [9.17, 15) is 4.39 Å². The Morgan fingerprint density at radius 3 is 2.67 bits per heavy atom. The molecule has 1 heterocycles. The number of halogens is 1. The second-order valence-corrected chi connectivity index (χ2v) is 4.37. The van der Waals surface area contributed by atoms with Crippen LogP contribution in [-0.4, -0.2) is 16.5 Å². The van der Waals surface area contributed by atoms with E-state index in [1.165, 1.54) is 6.07 Å². The highest BCUT2D eigenvalue weighted by Crippen LogP contribution is 2.22. The molecule has 0 radical (unpaired) electrons. The van der Waals surface area contributed by atoms with Crippen LogP contribution in [0.15, 0.2) is 30.3 Å². The maximum Gasteiger partial charge on any atom is 0.133 e. The van der Waals surface area contributed by atoms with Crippen LogP contribution in [0.2, 0.25) is 0 Å². The summed E-state index contributed by atoms with van der Waals surface area (Å²) >= 11 is 0. The van der Waals surface area contributed by atoms with Crippen LogP contribution in [0.5, 0.6) is 0 Å². The summed E-state index contributed by atoms with van der Waals surface area (Å²) in [5, 5.41) is 0. The molecule has 2 rings (SSSR count). The first kappa shape index (κ1) is 12.6. The fourth-order valence-corrected chi connectivity index (χ4v) is 1.72. The van der Waals surface area contributed by atoms with E-state index in [-0.39, 0.29) is 11.7 Å². The Morgan fingerprint density at radius 2 is 2.00 bits per heavy atom. The Morgan fingerprint density at radius 1 is 1.28 bits per heavy atom. The molecule has 0 bridgehead atoms. The van der Waals surface area contributed by atoms with Crippen molar-refractivity contribution in [3.8, 4) is 11.3 Å². The van der Waals surface area contributed by atoms with Crippen LogP contribution in [0, 0.1) is 12.7 Å². The second kappa shape index (κ2) is 5.23. The zero-order chi connectivity index (χ0) is 13.1. The molecule has 1 atom stereocenters. The van der Waals surface area contributed by atoms with Gasteiger partial charge in [0.1, 0.15) is 11.6 Å². The molecule has 0 aliphatic rings. The standard InChI is InChI=1S/C14H16FN3/c1-9(8-16)14-17-10(2)7-13(18-14)11-5-3-4-6-12(11)15/h3-7,9H,8,16H2,1-2H3. The van der Waals surface area contributed by atoms with Gasteiger partial charge in [0.2, 0.25) is 0 Å². The van der Waals surface area contributed by atoms with Crippen molar-refractivity contribution in [2.75, 3.05) is 6.54 Å². The first-order valence-corrected chi connectivity index (χ1v) is 5.92. The molecule has 0 spiro atoms. The van der Waals surface area contributed by atoms with Crippen molar-refractivity contribution < 1.29 is 4.39 Å². The van der Waals surface area contributed by atoms with Gasteiger partial charge in [0.25, 0.3) is 0 Å². The van der Waals surface area contributed by atoms with Gasteiger partial charge in [-0.2, -0.15) is 0 Å². The molecule has 4 heteroatoms. The first-order chi connectivity index (χ1) is 8.61. The molecule has 0 saturated heterocycles. The predicted molar refractivity (Wildman–Crippen MR) is 69.6 cm³/mol. The number of hydrogen-bond donors (Lipinski definition) is 1. The monoisotopic (exact) mass is 245 g/mol. The minimum absolute atomic E-state index is 0.0652. The number of nitrogens with two attached hydrogens (primary N) is 1. The van der Waals surface area contributed by atoms with Gasteiger partial charge in [-0.3, -0.25) is 0 Å². The summed E-state index contributed by atoms with van der Waals surface area (Å²) in [6.07, 6.45) is 0. The third kappa shape index (κ3) is 2.54.